The summed E-state index contributed by atoms with van der Waals surface area (Å²) < 4.78 is 0. The number of aromatic nitrogens is 1. The van der Waals surface area contributed by atoms with Crippen LogP contribution in [0, 0.1) is 17.4 Å². The van der Waals surface area contributed by atoms with Crippen molar-refractivity contribution in [3.05, 3.63) is 23.9 Å². The third kappa shape index (κ3) is 5.47. The van der Waals surface area contributed by atoms with Crippen molar-refractivity contribution in [2.75, 3.05) is 25.0 Å². The number of hydrogen-bond acceptors (Lipinski definition) is 3. The van der Waals surface area contributed by atoms with Gasteiger partial charge in [0.15, 0.2) is 0 Å². The van der Waals surface area contributed by atoms with Gasteiger partial charge in [0.1, 0.15) is 13.9 Å². The van der Waals surface area contributed by atoms with Crippen LogP contribution in [-0.4, -0.2) is 39.2 Å². The fraction of sp³-hybridized carbons (Fsp3) is 0.611. The zero-order valence-electron chi connectivity index (χ0n) is 14.6. The molecule has 1 fully saturated rings. The van der Waals surface area contributed by atoms with Gasteiger partial charge in [0.05, 0.1) is 0 Å². The molecule has 22 heavy (non-hydrogen) atoms. The molecular formula is C18H29N3Si. The Balaban J connectivity index is 1.93. The number of hydrogen-bond donors (Lipinski definition) is 1. The Labute approximate surface area is 136 Å². The normalized spacial score (nSPS) is 21.9. The average molecular weight is 316 g/mol. The van der Waals surface area contributed by atoms with Crippen LogP contribution < -0.4 is 10.2 Å². The third-order valence-electron chi connectivity index (χ3n) is 4.02. The topological polar surface area (TPSA) is 28.2 Å². The predicted octanol–water partition coefficient (Wildman–Crippen LogP) is 3.13. The number of rotatable bonds is 3. The first-order valence-corrected chi connectivity index (χ1v) is 11.8. The van der Waals surface area contributed by atoms with Crippen molar-refractivity contribution >= 4 is 13.9 Å². The fourth-order valence-corrected chi connectivity index (χ4v) is 3.16. The van der Waals surface area contributed by atoms with E-state index in [2.05, 4.69) is 72.4 Å². The van der Waals surface area contributed by atoms with Crippen molar-refractivity contribution in [2.24, 2.45) is 5.92 Å². The lowest BCUT2D eigenvalue weighted by atomic mass is 9.95. The largest absolute Gasteiger partial charge is 0.359 e. The van der Waals surface area contributed by atoms with Gasteiger partial charge in [-0.15, -0.1) is 5.54 Å². The van der Waals surface area contributed by atoms with Gasteiger partial charge in [-0.05, 0) is 44.4 Å². The minimum absolute atomic E-state index is 0.670. The Kier molecular flexibility index (Phi) is 5.66. The Morgan fingerprint density at radius 1 is 1.32 bits per heavy atom. The molecule has 1 aromatic heterocycles. The lowest BCUT2D eigenvalue weighted by Gasteiger charge is -2.31. The van der Waals surface area contributed by atoms with Gasteiger partial charge in [-0.2, -0.15) is 0 Å². The van der Waals surface area contributed by atoms with E-state index in [0.717, 1.165) is 24.5 Å². The van der Waals surface area contributed by atoms with Gasteiger partial charge in [0.25, 0.3) is 0 Å². The molecule has 2 heterocycles. The van der Waals surface area contributed by atoms with E-state index in [9.17, 15) is 0 Å². The highest BCUT2D eigenvalue weighted by molar-refractivity contribution is 6.83. The van der Waals surface area contributed by atoms with E-state index in [4.69, 9.17) is 0 Å². The van der Waals surface area contributed by atoms with E-state index in [-0.39, 0.29) is 0 Å². The van der Waals surface area contributed by atoms with Crippen LogP contribution >= 0.6 is 0 Å². The Hall–Kier alpha value is -1.31. The van der Waals surface area contributed by atoms with E-state index < -0.39 is 8.07 Å². The van der Waals surface area contributed by atoms with Crippen LogP contribution in [0.2, 0.25) is 19.6 Å². The second-order valence-electron chi connectivity index (χ2n) is 7.54. The second-order valence-corrected chi connectivity index (χ2v) is 12.3. The summed E-state index contributed by atoms with van der Waals surface area (Å²) in [7, 11) is 0.816. The van der Waals surface area contributed by atoms with Crippen LogP contribution in [0.1, 0.15) is 25.3 Å². The van der Waals surface area contributed by atoms with Gasteiger partial charge < -0.3 is 10.2 Å². The molecule has 0 aromatic carbocycles. The minimum Gasteiger partial charge on any atom is -0.359 e. The summed E-state index contributed by atoms with van der Waals surface area (Å²) in [6.45, 7) is 11.2. The van der Waals surface area contributed by atoms with Crippen molar-refractivity contribution in [2.45, 2.75) is 45.4 Å². The van der Waals surface area contributed by atoms with E-state index >= 15 is 0 Å². The summed E-state index contributed by atoms with van der Waals surface area (Å²) in [6, 6.07) is 4.85. The van der Waals surface area contributed by atoms with E-state index in [1.54, 1.807) is 0 Å². The van der Waals surface area contributed by atoms with E-state index in [1.807, 2.05) is 6.20 Å². The summed E-state index contributed by atoms with van der Waals surface area (Å²) in [5, 5.41) is 3.57. The van der Waals surface area contributed by atoms with Crippen LogP contribution in [0.3, 0.4) is 0 Å². The summed E-state index contributed by atoms with van der Waals surface area (Å²) >= 11 is 0. The first-order chi connectivity index (χ1) is 10.3. The summed E-state index contributed by atoms with van der Waals surface area (Å²) in [5.74, 6) is 5.01. The Morgan fingerprint density at radius 2 is 2.09 bits per heavy atom. The molecule has 120 valence electrons. The Morgan fingerprint density at radius 3 is 2.64 bits per heavy atom. The van der Waals surface area contributed by atoms with Crippen molar-refractivity contribution in [3.63, 3.8) is 0 Å². The maximum atomic E-state index is 4.58. The summed E-state index contributed by atoms with van der Waals surface area (Å²) in [6.07, 6.45) is 4.48. The van der Waals surface area contributed by atoms with Gasteiger partial charge in [-0.25, -0.2) is 4.98 Å². The van der Waals surface area contributed by atoms with Crippen molar-refractivity contribution in [3.8, 4) is 11.5 Å². The zero-order chi connectivity index (χ0) is 16.2. The molecule has 1 N–H and O–H groups in total. The smallest absolute Gasteiger partial charge is 0.129 e. The van der Waals surface area contributed by atoms with Crippen LogP contribution in [0.5, 0.6) is 0 Å². The second kappa shape index (κ2) is 7.30. The van der Waals surface area contributed by atoms with Gasteiger partial charge in [0, 0.05) is 31.4 Å². The lowest BCUT2D eigenvalue weighted by molar-refractivity contribution is 0.326. The molecule has 0 spiro atoms. The average Bonchev–Trinajstić information content (AvgIpc) is 2.47. The molecule has 1 aliphatic heterocycles. The maximum absolute atomic E-state index is 4.58. The quantitative estimate of drug-likeness (QED) is 0.686. The molecular weight excluding hydrogens is 286 g/mol. The summed E-state index contributed by atoms with van der Waals surface area (Å²) in [4.78, 5) is 6.84. The van der Waals surface area contributed by atoms with Crippen LogP contribution in [0.4, 0.5) is 5.82 Å². The number of nitrogens with one attached hydrogen (secondary N) is 1. The molecule has 0 saturated carbocycles. The molecule has 0 amide bonds. The van der Waals surface area contributed by atoms with Crippen LogP contribution in [0.25, 0.3) is 0 Å². The predicted molar refractivity (Wildman–Crippen MR) is 97.9 cm³/mol. The number of pyridine rings is 1. The number of nitrogens with zero attached hydrogens (tertiary/aromatic N) is 2. The summed E-state index contributed by atoms with van der Waals surface area (Å²) in [5.41, 5.74) is 4.40. The molecule has 2 atom stereocenters. The molecule has 1 aromatic rings. The third-order valence-corrected chi connectivity index (χ3v) is 4.89. The molecule has 3 nitrogen and oxygen atoms in total. The first kappa shape index (κ1) is 17.0. The standard InChI is InChI=1S/C18H29N3Si/c1-15-6-7-17(13-19-15)14-21(2)18-9-8-16(12-20-18)10-11-22(3,4)5/h8-9,12,15,17,19H,6-7,13-14H2,1-5H3. The lowest BCUT2D eigenvalue weighted by Crippen LogP contribution is -2.41. The van der Waals surface area contributed by atoms with Gasteiger partial charge >= 0.3 is 0 Å². The Bertz CT molecular complexity index is 528. The molecule has 0 bridgehead atoms. The van der Waals surface area contributed by atoms with Gasteiger partial charge in [-0.3, -0.25) is 0 Å². The maximum Gasteiger partial charge on any atom is 0.129 e. The zero-order valence-corrected chi connectivity index (χ0v) is 15.6. The van der Waals surface area contributed by atoms with Gasteiger partial charge in [-0.1, -0.05) is 25.6 Å². The molecule has 1 saturated heterocycles. The number of anilines is 1. The van der Waals surface area contributed by atoms with E-state index in [0.29, 0.717) is 12.0 Å². The molecule has 1 aliphatic rings. The minimum atomic E-state index is -1.32. The number of piperidine rings is 1. The van der Waals surface area contributed by atoms with E-state index in [1.165, 1.54) is 12.8 Å². The van der Waals surface area contributed by atoms with Crippen molar-refractivity contribution in [1.82, 2.24) is 10.3 Å². The molecule has 0 aliphatic carbocycles. The monoisotopic (exact) mass is 315 g/mol. The highest BCUT2D eigenvalue weighted by atomic mass is 28.3. The van der Waals surface area contributed by atoms with Crippen molar-refractivity contribution < 1.29 is 0 Å². The highest BCUT2D eigenvalue weighted by Crippen LogP contribution is 2.18. The molecule has 0 radical (unpaired) electrons. The molecule has 4 heteroatoms. The molecule has 2 rings (SSSR count). The fourth-order valence-electron chi connectivity index (χ4n) is 2.64. The van der Waals surface area contributed by atoms with Gasteiger partial charge in [0.2, 0.25) is 0 Å². The van der Waals surface area contributed by atoms with Crippen LogP contribution in [-0.2, 0) is 0 Å². The first-order valence-electron chi connectivity index (χ1n) is 8.27. The highest BCUT2D eigenvalue weighted by Gasteiger charge is 2.19. The molecule has 2 unspecified atom stereocenters. The SMILES string of the molecule is CC1CCC(CN(C)c2ccc(C#C[Si](C)(C)C)cn2)CN1. The van der Waals surface area contributed by atoms with Crippen LogP contribution in [0.15, 0.2) is 18.3 Å². The van der Waals surface area contributed by atoms with Crippen molar-refractivity contribution in [1.29, 1.82) is 0 Å².